The molecule has 1 aromatic carbocycles. The monoisotopic (exact) mass is 261 g/mol. The van der Waals surface area contributed by atoms with Crippen LogP contribution in [0.15, 0.2) is 41.8 Å². The molecule has 0 fully saturated rings. The highest BCUT2D eigenvalue weighted by Crippen LogP contribution is 2.24. The first-order valence-corrected chi connectivity index (χ1v) is 7.08. The maximum atomic E-state index is 5.38. The third-order valence-corrected chi connectivity index (χ3v) is 3.94. The molecule has 1 aromatic heterocycles. The van der Waals surface area contributed by atoms with Gasteiger partial charge in [-0.05, 0) is 30.9 Å². The van der Waals surface area contributed by atoms with E-state index in [2.05, 4.69) is 41.9 Å². The lowest BCUT2D eigenvalue weighted by Crippen LogP contribution is -2.21. The van der Waals surface area contributed by atoms with Crippen LogP contribution in [0.1, 0.15) is 23.4 Å². The maximum absolute atomic E-state index is 5.38. The molecule has 2 aromatic rings. The molecular formula is C15H19NOS. The zero-order valence-corrected chi connectivity index (χ0v) is 11.7. The second-order valence-corrected chi connectivity index (χ2v) is 5.28. The molecule has 0 bridgehead atoms. The zero-order valence-electron chi connectivity index (χ0n) is 10.8. The molecular weight excluding hydrogens is 242 g/mol. The summed E-state index contributed by atoms with van der Waals surface area (Å²) in [5.74, 6) is 0.952. The summed E-state index contributed by atoms with van der Waals surface area (Å²) in [5.41, 5.74) is 1.21. The Morgan fingerprint density at radius 2 is 2.06 bits per heavy atom. The maximum Gasteiger partial charge on any atom is 0.123 e. The first-order chi connectivity index (χ1) is 8.81. The van der Waals surface area contributed by atoms with Gasteiger partial charge in [0.15, 0.2) is 0 Å². The van der Waals surface area contributed by atoms with Crippen molar-refractivity contribution in [3.63, 3.8) is 0 Å². The molecule has 0 saturated carbocycles. The van der Waals surface area contributed by atoms with Crippen LogP contribution in [0.4, 0.5) is 0 Å². The van der Waals surface area contributed by atoms with Crippen LogP contribution in [0, 0.1) is 0 Å². The number of para-hydroxylation sites is 1. The normalized spacial score (nSPS) is 12.3. The standard InChI is InChI=1S/C15H19NOS/c1-12(14-7-3-4-8-15(14)17-2)16-10-9-13-6-5-11-18-13/h3-8,11-12,16H,9-10H2,1-2H3/t12-/m0/s1. The number of thiophene rings is 1. The molecule has 0 aliphatic carbocycles. The van der Waals surface area contributed by atoms with Gasteiger partial charge in [0.05, 0.1) is 7.11 Å². The molecule has 1 atom stereocenters. The summed E-state index contributed by atoms with van der Waals surface area (Å²) in [6, 6.07) is 12.8. The lowest BCUT2D eigenvalue weighted by molar-refractivity contribution is 0.402. The molecule has 3 heteroatoms. The quantitative estimate of drug-likeness (QED) is 0.857. The number of hydrogen-bond acceptors (Lipinski definition) is 3. The Balaban J connectivity index is 1.89. The van der Waals surface area contributed by atoms with Gasteiger partial charge < -0.3 is 10.1 Å². The van der Waals surface area contributed by atoms with Crippen LogP contribution in [0.25, 0.3) is 0 Å². The molecule has 0 spiro atoms. The largest absolute Gasteiger partial charge is 0.496 e. The van der Waals surface area contributed by atoms with Crippen molar-refractivity contribution in [1.29, 1.82) is 0 Å². The Kier molecular flexibility index (Phi) is 4.79. The molecule has 0 aliphatic heterocycles. The van der Waals surface area contributed by atoms with E-state index >= 15 is 0 Å². The SMILES string of the molecule is COc1ccccc1[C@H](C)NCCc1cccs1. The van der Waals surface area contributed by atoms with E-state index in [9.17, 15) is 0 Å². The van der Waals surface area contributed by atoms with Crippen molar-refractivity contribution in [2.24, 2.45) is 0 Å². The van der Waals surface area contributed by atoms with Crippen molar-refractivity contribution in [2.45, 2.75) is 19.4 Å². The third-order valence-electron chi connectivity index (χ3n) is 3.01. The van der Waals surface area contributed by atoms with Crippen LogP contribution >= 0.6 is 11.3 Å². The Morgan fingerprint density at radius 3 is 2.78 bits per heavy atom. The van der Waals surface area contributed by atoms with E-state index in [4.69, 9.17) is 4.74 Å². The number of ether oxygens (including phenoxy) is 1. The lowest BCUT2D eigenvalue weighted by atomic mass is 10.1. The highest BCUT2D eigenvalue weighted by Gasteiger charge is 2.09. The zero-order chi connectivity index (χ0) is 12.8. The van der Waals surface area contributed by atoms with Crippen molar-refractivity contribution in [3.8, 4) is 5.75 Å². The van der Waals surface area contributed by atoms with Gasteiger partial charge in [-0.3, -0.25) is 0 Å². The summed E-state index contributed by atoms with van der Waals surface area (Å²) < 4.78 is 5.38. The van der Waals surface area contributed by atoms with E-state index in [0.717, 1.165) is 18.7 Å². The average molecular weight is 261 g/mol. The summed E-state index contributed by atoms with van der Waals surface area (Å²) >= 11 is 1.81. The van der Waals surface area contributed by atoms with Crippen LogP contribution in [0.5, 0.6) is 5.75 Å². The highest BCUT2D eigenvalue weighted by molar-refractivity contribution is 7.09. The summed E-state index contributed by atoms with van der Waals surface area (Å²) in [5, 5.41) is 5.66. The van der Waals surface area contributed by atoms with Gasteiger partial charge in [-0.25, -0.2) is 0 Å². The fraction of sp³-hybridized carbons (Fsp3) is 0.333. The smallest absolute Gasteiger partial charge is 0.123 e. The van der Waals surface area contributed by atoms with Gasteiger partial charge in [-0.1, -0.05) is 24.3 Å². The van der Waals surface area contributed by atoms with Gasteiger partial charge in [-0.15, -0.1) is 11.3 Å². The minimum absolute atomic E-state index is 0.307. The molecule has 2 rings (SSSR count). The number of methoxy groups -OCH3 is 1. The van der Waals surface area contributed by atoms with Crippen LogP contribution in [-0.4, -0.2) is 13.7 Å². The fourth-order valence-corrected chi connectivity index (χ4v) is 2.71. The second-order valence-electron chi connectivity index (χ2n) is 4.25. The van der Waals surface area contributed by atoms with E-state index in [1.165, 1.54) is 10.4 Å². The lowest BCUT2D eigenvalue weighted by Gasteiger charge is -2.16. The predicted octanol–water partition coefficient (Wildman–Crippen LogP) is 3.65. The van der Waals surface area contributed by atoms with Crippen molar-refractivity contribution in [1.82, 2.24) is 5.32 Å². The summed E-state index contributed by atoms with van der Waals surface area (Å²) in [4.78, 5) is 1.43. The molecule has 18 heavy (non-hydrogen) atoms. The van der Waals surface area contributed by atoms with E-state index in [1.54, 1.807) is 7.11 Å². The molecule has 0 radical (unpaired) electrons. The first kappa shape index (κ1) is 13.1. The number of hydrogen-bond donors (Lipinski definition) is 1. The minimum Gasteiger partial charge on any atom is -0.496 e. The molecule has 2 nitrogen and oxygen atoms in total. The second kappa shape index (κ2) is 6.57. The van der Waals surface area contributed by atoms with E-state index in [0.29, 0.717) is 6.04 Å². The van der Waals surface area contributed by atoms with Crippen LogP contribution < -0.4 is 10.1 Å². The molecule has 1 heterocycles. The highest BCUT2D eigenvalue weighted by atomic mass is 32.1. The van der Waals surface area contributed by atoms with Crippen molar-refractivity contribution in [2.75, 3.05) is 13.7 Å². The molecule has 0 unspecified atom stereocenters. The van der Waals surface area contributed by atoms with Gasteiger partial charge in [0.1, 0.15) is 5.75 Å². The minimum atomic E-state index is 0.307. The molecule has 96 valence electrons. The van der Waals surface area contributed by atoms with Gasteiger partial charge in [0.25, 0.3) is 0 Å². The van der Waals surface area contributed by atoms with Crippen molar-refractivity contribution in [3.05, 3.63) is 52.2 Å². The summed E-state index contributed by atoms with van der Waals surface area (Å²) in [7, 11) is 1.72. The topological polar surface area (TPSA) is 21.3 Å². The first-order valence-electron chi connectivity index (χ1n) is 6.20. The van der Waals surface area contributed by atoms with Gasteiger partial charge in [-0.2, -0.15) is 0 Å². The molecule has 0 saturated heterocycles. The van der Waals surface area contributed by atoms with Gasteiger partial charge >= 0.3 is 0 Å². The van der Waals surface area contributed by atoms with E-state index < -0.39 is 0 Å². The Hall–Kier alpha value is -1.32. The number of benzene rings is 1. The van der Waals surface area contributed by atoms with Crippen molar-refractivity contribution < 1.29 is 4.74 Å². The van der Waals surface area contributed by atoms with Crippen molar-refractivity contribution >= 4 is 11.3 Å². The van der Waals surface area contributed by atoms with Gasteiger partial charge in [0.2, 0.25) is 0 Å². The average Bonchev–Trinajstić information content (AvgIpc) is 2.91. The Bertz CT molecular complexity index is 467. The number of rotatable bonds is 6. The summed E-state index contributed by atoms with van der Waals surface area (Å²) in [6.07, 6.45) is 1.08. The molecule has 0 amide bonds. The summed E-state index contributed by atoms with van der Waals surface area (Å²) in [6.45, 7) is 3.16. The van der Waals surface area contributed by atoms with Crippen LogP contribution in [0.3, 0.4) is 0 Å². The molecule has 1 N–H and O–H groups in total. The molecule has 0 aliphatic rings. The van der Waals surface area contributed by atoms with E-state index in [1.807, 2.05) is 23.5 Å². The predicted molar refractivity (Wildman–Crippen MR) is 77.4 cm³/mol. The Morgan fingerprint density at radius 1 is 1.22 bits per heavy atom. The Labute approximate surface area is 113 Å². The van der Waals surface area contributed by atoms with Gasteiger partial charge in [0, 0.05) is 23.0 Å². The van der Waals surface area contributed by atoms with Crippen LogP contribution in [0.2, 0.25) is 0 Å². The van der Waals surface area contributed by atoms with E-state index in [-0.39, 0.29) is 0 Å². The fourth-order valence-electron chi connectivity index (χ4n) is 2.00. The van der Waals surface area contributed by atoms with Crippen LogP contribution in [-0.2, 0) is 6.42 Å². The number of nitrogens with one attached hydrogen (secondary N) is 1. The third kappa shape index (κ3) is 3.34.